The van der Waals surface area contributed by atoms with Crippen LogP contribution in [0.2, 0.25) is 0 Å². The van der Waals surface area contributed by atoms with Gasteiger partial charge in [-0.2, -0.15) is 5.10 Å². The number of nitrogens with zero attached hydrogens (tertiary/aromatic N) is 2. The van der Waals surface area contributed by atoms with Gasteiger partial charge in [0.15, 0.2) is 0 Å². The minimum atomic E-state index is -1.07. The van der Waals surface area contributed by atoms with E-state index in [0.717, 1.165) is 9.86 Å². The number of carboxylic acid groups (broad SMARTS) is 1. The molecular weight excluding hydrogens is 312 g/mol. The van der Waals surface area contributed by atoms with Crippen LogP contribution in [0.3, 0.4) is 0 Å². The average Bonchev–Trinajstić information content (AvgIpc) is 2.95. The van der Waals surface area contributed by atoms with Crippen LogP contribution in [0.1, 0.15) is 16.1 Å². The van der Waals surface area contributed by atoms with Gasteiger partial charge in [-0.25, -0.2) is 4.79 Å². The Labute approximate surface area is 116 Å². The zero-order chi connectivity index (χ0) is 13.4. The third-order valence-electron chi connectivity index (χ3n) is 2.81. The number of para-hydroxylation sites is 1. The summed E-state index contributed by atoms with van der Waals surface area (Å²) in [5.41, 5.74) is 1.19. The van der Waals surface area contributed by atoms with Crippen LogP contribution in [0, 0.1) is 0 Å². The van der Waals surface area contributed by atoms with Gasteiger partial charge in [-0.15, -0.1) is 0 Å². The summed E-state index contributed by atoms with van der Waals surface area (Å²) >= 11 is 3.31. The molecule has 2 heterocycles. The number of hydrogen-bond acceptors (Lipinski definition) is 3. The Hall–Kier alpha value is -2.08. The zero-order valence-corrected chi connectivity index (χ0v) is 11.3. The Morgan fingerprint density at radius 3 is 2.89 bits per heavy atom. The normalized spacial score (nSPS) is 11.0. The molecular formula is C13H9BrN2O3. The van der Waals surface area contributed by atoms with Crippen molar-refractivity contribution in [3.8, 4) is 0 Å². The maximum Gasteiger partial charge on any atom is 0.372 e. The summed E-state index contributed by atoms with van der Waals surface area (Å²) in [5.74, 6) is -1.11. The van der Waals surface area contributed by atoms with Crippen molar-refractivity contribution in [1.82, 2.24) is 9.78 Å². The van der Waals surface area contributed by atoms with Gasteiger partial charge in [0.1, 0.15) is 5.58 Å². The number of halogens is 1. The Balaban J connectivity index is 2.14. The second kappa shape index (κ2) is 4.55. The molecule has 0 atom stereocenters. The van der Waals surface area contributed by atoms with E-state index >= 15 is 0 Å². The van der Waals surface area contributed by atoms with Gasteiger partial charge in [-0.05, 0) is 22.0 Å². The third-order valence-corrected chi connectivity index (χ3v) is 3.22. The second-order valence-electron chi connectivity index (χ2n) is 4.07. The fraction of sp³-hybridized carbons (Fsp3) is 0.0769. The lowest BCUT2D eigenvalue weighted by molar-refractivity contribution is 0.0663. The molecule has 1 aromatic carbocycles. The van der Waals surface area contributed by atoms with Crippen molar-refractivity contribution in [2.75, 3.05) is 0 Å². The number of benzene rings is 1. The van der Waals surface area contributed by atoms with Gasteiger partial charge in [-0.1, -0.05) is 18.2 Å². The maximum absolute atomic E-state index is 11.3. The van der Waals surface area contributed by atoms with E-state index in [1.54, 1.807) is 23.1 Å². The summed E-state index contributed by atoms with van der Waals surface area (Å²) in [6, 6.07) is 7.27. The van der Waals surface area contributed by atoms with Crippen LogP contribution in [0.4, 0.5) is 0 Å². The van der Waals surface area contributed by atoms with Gasteiger partial charge < -0.3 is 9.52 Å². The molecule has 3 rings (SSSR count). The zero-order valence-electron chi connectivity index (χ0n) is 9.71. The van der Waals surface area contributed by atoms with Crippen LogP contribution in [-0.4, -0.2) is 20.9 Å². The van der Waals surface area contributed by atoms with E-state index in [9.17, 15) is 9.90 Å². The first-order valence-electron chi connectivity index (χ1n) is 5.57. The van der Waals surface area contributed by atoms with E-state index in [1.807, 2.05) is 18.2 Å². The van der Waals surface area contributed by atoms with Gasteiger partial charge in [0.05, 0.1) is 17.2 Å². The molecule has 0 amide bonds. The van der Waals surface area contributed by atoms with E-state index in [1.165, 1.54) is 0 Å². The first-order valence-corrected chi connectivity index (χ1v) is 6.36. The molecule has 0 aliphatic carbocycles. The van der Waals surface area contributed by atoms with Gasteiger partial charge in [0, 0.05) is 17.1 Å². The number of furan rings is 1. The molecule has 0 spiro atoms. The topological polar surface area (TPSA) is 68.3 Å². The molecule has 0 radical (unpaired) electrons. The predicted octanol–water partition coefficient (Wildman–Crippen LogP) is 3.14. The van der Waals surface area contributed by atoms with Crippen LogP contribution in [0.25, 0.3) is 11.0 Å². The van der Waals surface area contributed by atoms with Crippen molar-refractivity contribution in [3.63, 3.8) is 0 Å². The van der Waals surface area contributed by atoms with Crippen LogP contribution in [0.15, 0.2) is 45.5 Å². The number of carbonyl (C=O) groups is 1. The van der Waals surface area contributed by atoms with Crippen molar-refractivity contribution in [3.05, 3.63) is 52.5 Å². The van der Waals surface area contributed by atoms with Crippen molar-refractivity contribution in [1.29, 1.82) is 0 Å². The van der Waals surface area contributed by atoms with Crippen LogP contribution >= 0.6 is 15.9 Å². The lowest BCUT2D eigenvalue weighted by Crippen LogP contribution is -2.05. The highest BCUT2D eigenvalue weighted by Gasteiger charge is 2.20. The summed E-state index contributed by atoms with van der Waals surface area (Å²) in [4.78, 5) is 11.3. The number of hydrogen-bond donors (Lipinski definition) is 1. The minimum absolute atomic E-state index is 0.0344. The summed E-state index contributed by atoms with van der Waals surface area (Å²) in [5, 5.41) is 14.1. The molecule has 6 heteroatoms. The first-order chi connectivity index (χ1) is 9.15. The quantitative estimate of drug-likeness (QED) is 0.805. The van der Waals surface area contributed by atoms with E-state index in [-0.39, 0.29) is 5.76 Å². The van der Waals surface area contributed by atoms with E-state index in [0.29, 0.717) is 17.7 Å². The lowest BCUT2D eigenvalue weighted by atomic mass is 10.1. The van der Waals surface area contributed by atoms with Crippen molar-refractivity contribution < 1.29 is 14.3 Å². The number of carboxylic acids is 1. The highest BCUT2D eigenvalue weighted by molar-refractivity contribution is 9.10. The number of rotatable bonds is 3. The smallest absolute Gasteiger partial charge is 0.372 e. The molecule has 0 aliphatic rings. The van der Waals surface area contributed by atoms with Crippen molar-refractivity contribution in [2.24, 2.45) is 0 Å². The average molecular weight is 321 g/mol. The van der Waals surface area contributed by atoms with E-state index in [4.69, 9.17) is 4.42 Å². The fourth-order valence-corrected chi connectivity index (χ4v) is 2.34. The predicted molar refractivity (Wildman–Crippen MR) is 72.2 cm³/mol. The molecule has 0 fully saturated rings. The summed E-state index contributed by atoms with van der Waals surface area (Å²) in [6.45, 7) is 0.351. The molecule has 96 valence electrons. The Morgan fingerprint density at radius 1 is 1.42 bits per heavy atom. The highest BCUT2D eigenvalue weighted by atomic mass is 79.9. The molecule has 0 saturated carbocycles. The molecule has 0 aliphatic heterocycles. The Kier molecular flexibility index (Phi) is 2.87. The maximum atomic E-state index is 11.3. The molecule has 1 N–H and O–H groups in total. The van der Waals surface area contributed by atoms with E-state index < -0.39 is 5.97 Å². The summed E-state index contributed by atoms with van der Waals surface area (Å²) in [6.07, 6.45) is 3.44. The molecule has 2 aromatic heterocycles. The molecule has 19 heavy (non-hydrogen) atoms. The first kappa shape index (κ1) is 12.0. The van der Waals surface area contributed by atoms with Crippen LogP contribution in [-0.2, 0) is 6.54 Å². The number of aromatic carboxylic acids is 1. The van der Waals surface area contributed by atoms with Gasteiger partial charge >= 0.3 is 5.97 Å². The van der Waals surface area contributed by atoms with Crippen LogP contribution < -0.4 is 0 Å². The lowest BCUT2D eigenvalue weighted by Gasteiger charge is -2.00. The molecule has 3 aromatic rings. The summed E-state index contributed by atoms with van der Waals surface area (Å²) in [7, 11) is 0. The highest BCUT2D eigenvalue weighted by Crippen LogP contribution is 2.26. The van der Waals surface area contributed by atoms with Gasteiger partial charge in [-0.3, -0.25) is 4.68 Å². The molecule has 0 saturated heterocycles. The largest absolute Gasteiger partial charge is 0.475 e. The molecule has 0 bridgehead atoms. The van der Waals surface area contributed by atoms with E-state index in [2.05, 4.69) is 21.0 Å². The number of fused-ring (bicyclic) bond motifs is 1. The third kappa shape index (κ3) is 2.15. The number of aromatic nitrogens is 2. The van der Waals surface area contributed by atoms with Gasteiger partial charge in [0.2, 0.25) is 5.76 Å². The standard InChI is InChI=1S/C13H9BrN2O3/c14-8-5-15-16(6-8)7-10-9-3-1-2-4-11(9)19-12(10)13(17)18/h1-6H,7H2,(H,17,18). The Morgan fingerprint density at radius 2 is 2.21 bits per heavy atom. The van der Waals surface area contributed by atoms with Crippen molar-refractivity contribution in [2.45, 2.75) is 6.54 Å². The van der Waals surface area contributed by atoms with Crippen molar-refractivity contribution >= 4 is 32.9 Å². The SMILES string of the molecule is O=C(O)c1oc2ccccc2c1Cn1cc(Br)cn1. The van der Waals surface area contributed by atoms with Crippen LogP contribution in [0.5, 0.6) is 0 Å². The fourth-order valence-electron chi connectivity index (χ4n) is 2.02. The second-order valence-corrected chi connectivity index (χ2v) is 4.98. The monoisotopic (exact) mass is 320 g/mol. The minimum Gasteiger partial charge on any atom is -0.475 e. The summed E-state index contributed by atoms with van der Waals surface area (Å²) < 4.78 is 7.89. The Bertz CT molecular complexity index is 760. The molecule has 0 unspecified atom stereocenters. The molecule has 5 nitrogen and oxygen atoms in total. The van der Waals surface area contributed by atoms with Gasteiger partial charge in [0.25, 0.3) is 0 Å².